The molecule has 0 unspecified atom stereocenters. The summed E-state index contributed by atoms with van der Waals surface area (Å²) in [5, 5.41) is 10.9. The van der Waals surface area contributed by atoms with Crippen molar-refractivity contribution in [2.45, 2.75) is 0 Å². The Hall–Kier alpha value is -4.24. The summed E-state index contributed by atoms with van der Waals surface area (Å²) in [6.07, 6.45) is 2.80. The number of halogens is 1. The van der Waals surface area contributed by atoms with Gasteiger partial charge in [-0.3, -0.25) is 4.79 Å². The van der Waals surface area contributed by atoms with Crippen LogP contribution in [0.2, 0.25) is 0 Å². The summed E-state index contributed by atoms with van der Waals surface area (Å²) >= 11 is 0. The molecule has 0 atom stereocenters. The van der Waals surface area contributed by atoms with E-state index >= 15 is 0 Å². The van der Waals surface area contributed by atoms with Gasteiger partial charge in [0.25, 0.3) is 0 Å². The molecule has 1 amide bonds. The van der Waals surface area contributed by atoms with Crippen molar-refractivity contribution in [1.29, 1.82) is 0 Å². The number of fused-ring (bicyclic) bond motifs is 1. The Morgan fingerprint density at radius 3 is 2.71 bits per heavy atom. The maximum Gasteiger partial charge on any atom is 0.247 e. The highest BCUT2D eigenvalue weighted by Crippen LogP contribution is 2.32. The summed E-state index contributed by atoms with van der Waals surface area (Å²) in [5.74, 6) is -0.1000. The Kier molecular flexibility index (Phi) is 7.07. The van der Waals surface area contributed by atoms with E-state index in [2.05, 4.69) is 37.2 Å². The number of carbonyl (C=O) groups is 1. The van der Waals surface area contributed by atoms with Crippen LogP contribution in [0, 0.1) is 5.82 Å². The molecule has 2 N–H and O–H groups in total. The molecule has 0 saturated carbocycles. The molecule has 0 fully saturated rings. The van der Waals surface area contributed by atoms with Crippen molar-refractivity contribution >= 4 is 39.8 Å². The summed E-state index contributed by atoms with van der Waals surface area (Å²) in [6.45, 7) is 5.19. The first kappa shape index (κ1) is 23.9. The van der Waals surface area contributed by atoms with Gasteiger partial charge in [0.15, 0.2) is 5.58 Å². The summed E-state index contributed by atoms with van der Waals surface area (Å²) in [4.78, 5) is 20.6. The minimum absolute atomic E-state index is 0.298. The molecular formula is C26H27FN6O2. The average molecular weight is 475 g/mol. The van der Waals surface area contributed by atoms with E-state index in [-0.39, 0.29) is 11.7 Å². The van der Waals surface area contributed by atoms with Gasteiger partial charge in [0.1, 0.15) is 17.3 Å². The van der Waals surface area contributed by atoms with Gasteiger partial charge in [-0.15, -0.1) is 0 Å². The minimum atomic E-state index is -0.351. The largest absolute Gasteiger partial charge is 0.372 e. The Labute approximate surface area is 203 Å². The van der Waals surface area contributed by atoms with Gasteiger partial charge < -0.3 is 25.0 Å². The number of amides is 1. The lowest BCUT2D eigenvalue weighted by Gasteiger charge is -2.24. The maximum absolute atomic E-state index is 13.7. The first-order chi connectivity index (χ1) is 16.8. The number of anilines is 4. The Morgan fingerprint density at radius 1 is 1.14 bits per heavy atom. The van der Waals surface area contributed by atoms with Gasteiger partial charge in [0.2, 0.25) is 5.91 Å². The molecule has 0 bridgehead atoms. The number of benzene rings is 2. The first-order valence-corrected chi connectivity index (χ1v) is 11.1. The zero-order valence-electron chi connectivity index (χ0n) is 19.9. The van der Waals surface area contributed by atoms with E-state index in [0.29, 0.717) is 33.7 Å². The van der Waals surface area contributed by atoms with E-state index in [9.17, 15) is 9.18 Å². The molecular weight excluding hydrogens is 447 g/mol. The predicted molar refractivity (Wildman–Crippen MR) is 138 cm³/mol. The third-order valence-electron chi connectivity index (χ3n) is 5.46. The zero-order valence-corrected chi connectivity index (χ0v) is 19.9. The molecule has 2 aromatic heterocycles. The number of carbonyl (C=O) groups excluding carboxylic acids is 1. The second-order valence-corrected chi connectivity index (χ2v) is 8.38. The van der Waals surface area contributed by atoms with Crippen LogP contribution in [0.1, 0.15) is 0 Å². The third-order valence-corrected chi connectivity index (χ3v) is 5.46. The highest BCUT2D eigenvalue weighted by molar-refractivity contribution is 6.02. The maximum atomic E-state index is 13.7. The van der Waals surface area contributed by atoms with Gasteiger partial charge in [-0.05, 0) is 56.6 Å². The molecule has 0 radical (unpaired) electrons. The second kappa shape index (κ2) is 10.4. The number of nitrogens with zero attached hydrogens (tertiary/aromatic N) is 4. The van der Waals surface area contributed by atoms with Crippen molar-refractivity contribution in [1.82, 2.24) is 15.0 Å². The number of nitrogens with one attached hydrogen (secondary N) is 2. The van der Waals surface area contributed by atoms with E-state index < -0.39 is 0 Å². The van der Waals surface area contributed by atoms with Crippen LogP contribution in [0.5, 0.6) is 0 Å². The van der Waals surface area contributed by atoms with E-state index in [0.717, 1.165) is 24.5 Å². The number of aromatic nitrogens is 2. The smallest absolute Gasteiger partial charge is 0.247 e. The van der Waals surface area contributed by atoms with Gasteiger partial charge in [-0.2, -0.15) is 0 Å². The summed E-state index contributed by atoms with van der Waals surface area (Å²) in [5.41, 5.74) is 3.88. The quantitative estimate of drug-likeness (QED) is 0.334. The molecule has 9 heteroatoms. The second-order valence-electron chi connectivity index (χ2n) is 8.38. The number of rotatable bonds is 9. The van der Waals surface area contributed by atoms with Crippen LogP contribution < -0.4 is 15.5 Å². The van der Waals surface area contributed by atoms with E-state index in [1.807, 2.05) is 39.3 Å². The van der Waals surface area contributed by atoms with Crippen LogP contribution in [0.25, 0.3) is 22.2 Å². The van der Waals surface area contributed by atoms with Crippen LogP contribution in [0.15, 0.2) is 71.9 Å². The van der Waals surface area contributed by atoms with Crippen molar-refractivity contribution in [2.75, 3.05) is 49.8 Å². The lowest BCUT2D eigenvalue weighted by atomic mass is 10.1. The lowest BCUT2D eigenvalue weighted by Crippen LogP contribution is -2.29. The summed E-state index contributed by atoms with van der Waals surface area (Å²) < 4.78 is 19.1. The molecule has 2 heterocycles. The molecule has 35 heavy (non-hydrogen) atoms. The molecule has 0 saturated heterocycles. The topological polar surface area (TPSA) is 86.5 Å². The molecule has 4 rings (SSSR count). The monoisotopic (exact) mass is 474 g/mol. The van der Waals surface area contributed by atoms with Crippen molar-refractivity contribution in [2.24, 2.45) is 0 Å². The highest BCUT2D eigenvalue weighted by atomic mass is 19.1. The fourth-order valence-corrected chi connectivity index (χ4v) is 3.61. The van der Waals surface area contributed by atoms with Gasteiger partial charge >= 0.3 is 0 Å². The predicted octanol–water partition coefficient (Wildman–Crippen LogP) is 4.89. The lowest BCUT2D eigenvalue weighted by molar-refractivity contribution is -0.111. The minimum Gasteiger partial charge on any atom is -0.372 e. The number of likely N-dealkylation sites (N-methyl/N-ethyl adjacent to an activating group) is 2. The average Bonchev–Trinajstić information content (AvgIpc) is 3.26. The normalized spacial score (nSPS) is 11.0. The fourth-order valence-electron chi connectivity index (χ4n) is 3.61. The van der Waals surface area contributed by atoms with Crippen LogP contribution in [0.3, 0.4) is 0 Å². The molecule has 180 valence electrons. The van der Waals surface area contributed by atoms with Crippen molar-refractivity contribution in [3.05, 3.63) is 73.2 Å². The SMILES string of the molecule is C=CC(=O)Nc1cc(Nc2cc3c(-c4cccc(F)c4)noc3cn2)ccc1N(C)CCN(C)C. The van der Waals surface area contributed by atoms with Crippen molar-refractivity contribution in [3.63, 3.8) is 0 Å². The van der Waals surface area contributed by atoms with Crippen LogP contribution in [-0.4, -0.2) is 55.2 Å². The summed E-state index contributed by atoms with van der Waals surface area (Å²) in [6, 6.07) is 13.7. The Balaban J connectivity index is 1.64. The van der Waals surface area contributed by atoms with E-state index in [1.165, 1.54) is 18.2 Å². The number of hydrogen-bond donors (Lipinski definition) is 2. The molecule has 4 aromatic rings. The van der Waals surface area contributed by atoms with Gasteiger partial charge in [-0.25, -0.2) is 9.37 Å². The first-order valence-electron chi connectivity index (χ1n) is 11.1. The van der Waals surface area contributed by atoms with Crippen LogP contribution in [0.4, 0.5) is 27.3 Å². The molecule has 8 nitrogen and oxygen atoms in total. The highest BCUT2D eigenvalue weighted by Gasteiger charge is 2.14. The fraction of sp³-hybridized carbons (Fsp3) is 0.192. The van der Waals surface area contributed by atoms with Crippen LogP contribution >= 0.6 is 0 Å². The summed E-state index contributed by atoms with van der Waals surface area (Å²) in [7, 11) is 6.01. The van der Waals surface area contributed by atoms with Crippen molar-refractivity contribution in [3.8, 4) is 11.3 Å². The number of pyridine rings is 1. The molecule has 0 aliphatic heterocycles. The molecule has 0 aliphatic rings. The number of hydrogen-bond acceptors (Lipinski definition) is 7. The standard InChI is InChI=1S/C26H27FN6O2/c1-5-25(34)30-21-14-19(9-10-22(21)33(4)12-11-32(2)3)29-24-15-20-23(16-28-24)35-31-26(20)17-7-6-8-18(27)13-17/h5-10,13-16H,1,11-12H2,2-4H3,(H,28,29)(H,30,34). The van der Waals surface area contributed by atoms with Gasteiger partial charge in [-0.1, -0.05) is 23.9 Å². The molecule has 0 aliphatic carbocycles. The van der Waals surface area contributed by atoms with E-state index in [1.54, 1.807) is 24.4 Å². The molecule has 2 aromatic carbocycles. The zero-order chi connectivity index (χ0) is 24.9. The van der Waals surface area contributed by atoms with Gasteiger partial charge in [0, 0.05) is 31.4 Å². The third kappa shape index (κ3) is 5.64. The molecule has 0 spiro atoms. The van der Waals surface area contributed by atoms with Gasteiger partial charge in [0.05, 0.1) is 23.0 Å². The van der Waals surface area contributed by atoms with Crippen molar-refractivity contribution < 1.29 is 13.7 Å². The van der Waals surface area contributed by atoms with Crippen LogP contribution in [-0.2, 0) is 4.79 Å². The Bertz CT molecular complexity index is 1370. The van der Waals surface area contributed by atoms with E-state index in [4.69, 9.17) is 4.52 Å². The Morgan fingerprint density at radius 2 is 1.97 bits per heavy atom.